The maximum absolute atomic E-state index is 11.7. The number of nitrogens with zero attached hydrogens (tertiary/aromatic N) is 1. The summed E-state index contributed by atoms with van der Waals surface area (Å²) in [7, 11) is 5.17. The molecule has 0 atom stereocenters. The van der Waals surface area contributed by atoms with Gasteiger partial charge in [-0.15, -0.1) is 0 Å². The van der Waals surface area contributed by atoms with Crippen molar-refractivity contribution in [3.05, 3.63) is 30.4 Å². The molecule has 10 heteroatoms. The Kier molecular flexibility index (Phi) is 11.6. The minimum Gasteiger partial charge on any atom is -0.495 e. The van der Waals surface area contributed by atoms with Crippen LogP contribution in [0.4, 0.5) is 5.69 Å². The Labute approximate surface area is 156 Å². The number of aliphatic carboxylic acids is 2. The lowest BCUT2D eigenvalue weighted by Crippen LogP contribution is -2.27. The van der Waals surface area contributed by atoms with Gasteiger partial charge in [-0.05, 0) is 26.2 Å². The van der Waals surface area contributed by atoms with Crippen LogP contribution in [0.1, 0.15) is 0 Å². The van der Waals surface area contributed by atoms with Gasteiger partial charge in [0.1, 0.15) is 18.1 Å². The molecule has 4 N–H and O–H groups in total. The lowest BCUT2D eigenvalue weighted by Gasteiger charge is -2.14. The van der Waals surface area contributed by atoms with Crippen LogP contribution in [-0.2, 0) is 14.4 Å². The van der Waals surface area contributed by atoms with Gasteiger partial charge in [-0.1, -0.05) is 0 Å². The van der Waals surface area contributed by atoms with Crippen molar-refractivity contribution in [3.8, 4) is 11.5 Å². The zero-order chi connectivity index (χ0) is 20.8. The fraction of sp³-hybridized carbons (Fsp3) is 0.353. The van der Waals surface area contributed by atoms with Crippen LogP contribution in [0.5, 0.6) is 11.5 Å². The molecule has 1 aromatic carbocycles. The number of benzene rings is 1. The van der Waals surface area contributed by atoms with Crippen LogP contribution >= 0.6 is 0 Å². The number of aliphatic hydroxyl groups is 1. The quantitative estimate of drug-likeness (QED) is 0.441. The standard InChI is InChI=1S/C13H20N2O4.C4H4O4/c1-15(2)9-13(17)14-11-8-10(19-7-6-16)4-5-12(11)18-3;5-3(6)1-2-4(7)8/h4-5,8,16H,6-7,9H2,1-3H3,(H,14,17);1-2H,(H,5,6)(H,7,8). The lowest BCUT2D eigenvalue weighted by molar-refractivity contribution is -0.134. The molecular formula is C17H24N2O8. The van der Waals surface area contributed by atoms with Gasteiger partial charge in [-0.25, -0.2) is 9.59 Å². The molecule has 0 aromatic heterocycles. The summed E-state index contributed by atoms with van der Waals surface area (Å²) >= 11 is 0. The molecule has 0 spiro atoms. The first-order valence-corrected chi connectivity index (χ1v) is 7.69. The van der Waals surface area contributed by atoms with Gasteiger partial charge < -0.3 is 35.0 Å². The summed E-state index contributed by atoms with van der Waals surface area (Å²) in [6.07, 6.45) is 1.12. The van der Waals surface area contributed by atoms with Crippen molar-refractivity contribution in [2.24, 2.45) is 0 Å². The number of carbonyl (C=O) groups excluding carboxylic acids is 1. The Balaban J connectivity index is 0.000000713. The molecule has 1 amide bonds. The predicted octanol–water partition coefficient (Wildman–Crippen LogP) is 0.278. The topological polar surface area (TPSA) is 146 Å². The fourth-order valence-electron chi connectivity index (χ4n) is 1.66. The zero-order valence-corrected chi connectivity index (χ0v) is 15.3. The predicted molar refractivity (Wildman–Crippen MR) is 97.2 cm³/mol. The van der Waals surface area contributed by atoms with E-state index < -0.39 is 11.9 Å². The van der Waals surface area contributed by atoms with Crippen LogP contribution in [0.3, 0.4) is 0 Å². The molecule has 0 fully saturated rings. The highest BCUT2D eigenvalue weighted by molar-refractivity contribution is 5.94. The van der Waals surface area contributed by atoms with E-state index in [-0.39, 0.29) is 25.7 Å². The van der Waals surface area contributed by atoms with Gasteiger partial charge in [-0.3, -0.25) is 4.79 Å². The maximum atomic E-state index is 11.7. The average Bonchev–Trinajstić information content (AvgIpc) is 2.58. The van der Waals surface area contributed by atoms with Crippen molar-refractivity contribution in [1.82, 2.24) is 4.90 Å². The Hall–Kier alpha value is -3.11. The van der Waals surface area contributed by atoms with Crippen LogP contribution in [0, 0.1) is 0 Å². The van der Waals surface area contributed by atoms with E-state index in [1.165, 1.54) is 7.11 Å². The maximum Gasteiger partial charge on any atom is 0.328 e. The molecule has 1 rings (SSSR count). The van der Waals surface area contributed by atoms with E-state index >= 15 is 0 Å². The van der Waals surface area contributed by atoms with Crippen molar-refractivity contribution in [2.75, 3.05) is 46.3 Å². The average molecular weight is 384 g/mol. The van der Waals surface area contributed by atoms with Crippen molar-refractivity contribution in [1.29, 1.82) is 0 Å². The summed E-state index contributed by atoms with van der Waals surface area (Å²) < 4.78 is 10.5. The number of anilines is 1. The van der Waals surface area contributed by atoms with E-state index in [4.69, 9.17) is 24.8 Å². The number of hydrogen-bond donors (Lipinski definition) is 4. The summed E-state index contributed by atoms with van der Waals surface area (Å²) in [5.74, 6) is -1.53. The molecule has 0 radical (unpaired) electrons. The van der Waals surface area contributed by atoms with Crippen LogP contribution in [0.15, 0.2) is 30.4 Å². The number of amides is 1. The first-order chi connectivity index (χ1) is 12.7. The van der Waals surface area contributed by atoms with Crippen molar-refractivity contribution in [3.63, 3.8) is 0 Å². The third-order valence-electron chi connectivity index (χ3n) is 2.63. The highest BCUT2D eigenvalue weighted by Crippen LogP contribution is 2.28. The van der Waals surface area contributed by atoms with Gasteiger partial charge in [-0.2, -0.15) is 0 Å². The molecule has 0 saturated heterocycles. The fourth-order valence-corrected chi connectivity index (χ4v) is 1.66. The summed E-state index contributed by atoms with van der Waals surface area (Å²) in [4.78, 5) is 32.6. The van der Waals surface area contributed by atoms with E-state index in [9.17, 15) is 14.4 Å². The summed E-state index contributed by atoms with van der Waals surface area (Å²) in [5, 5.41) is 27.1. The number of carboxylic acids is 2. The van der Waals surface area contributed by atoms with E-state index in [0.717, 1.165) is 0 Å². The third kappa shape index (κ3) is 12.0. The summed E-state index contributed by atoms with van der Waals surface area (Å²) in [6.45, 7) is 0.427. The van der Waals surface area contributed by atoms with Crippen molar-refractivity contribution >= 4 is 23.5 Å². The first-order valence-electron chi connectivity index (χ1n) is 7.69. The number of nitrogens with one attached hydrogen (secondary N) is 1. The van der Waals surface area contributed by atoms with E-state index in [0.29, 0.717) is 29.3 Å². The number of carbonyl (C=O) groups is 3. The van der Waals surface area contributed by atoms with Gasteiger partial charge in [0, 0.05) is 18.2 Å². The number of hydrogen-bond acceptors (Lipinski definition) is 7. The Bertz CT molecular complexity index is 642. The van der Waals surface area contributed by atoms with Gasteiger partial charge in [0.25, 0.3) is 0 Å². The lowest BCUT2D eigenvalue weighted by atomic mass is 10.2. The highest BCUT2D eigenvalue weighted by atomic mass is 16.5. The molecule has 0 heterocycles. The smallest absolute Gasteiger partial charge is 0.328 e. The number of likely N-dealkylation sites (N-methyl/N-ethyl adjacent to an activating group) is 1. The van der Waals surface area contributed by atoms with Crippen LogP contribution in [-0.4, -0.2) is 79.0 Å². The highest BCUT2D eigenvalue weighted by Gasteiger charge is 2.10. The Morgan fingerprint density at radius 1 is 1.15 bits per heavy atom. The molecule has 0 aliphatic heterocycles. The molecule has 27 heavy (non-hydrogen) atoms. The second-order valence-corrected chi connectivity index (χ2v) is 5.23. The third-order valence-corrected chi connectivity index (χ3v) is 2.63. The minimum atomic E-state index is -1.26. The number of carboxylic acid groups (broad SMARTS) is 2. The van der Waals surface area contributed by atoms with E-state index in [2.05, 4.69) is 5.32 Å². The molecule has 1 aromatic rings. The molecule has 0 bridgehead atoms. The number of rotatable bonds is 9. The van der Waals surface area contributed by atoms with Gasteiger partial charge in [0.2, 0.25) is 5.91 Å². The van der Waals surface area contributed by atoms with E-state index in [1.807, 2.05) is 14.1 Å². The molecular weight excluding hydrogens is 360 g/mol. The SMILES string of the molecule is COc1ccc(OCCO)cc1NC(=O)CN(C)C.O=C(O)C=CC(=O)O. The number of aliphatic hydroxyl groups excluding tert-OH is 1. The second-order valence-electron chi connectivity index (χ2n) is 5.23. The summed E-state index contributed by atoms with van der Waals surface area (Å²) in [5.41, 5.74) is 0.546. The van der Waals surface area contributed by atoms with Gasteiger partial charge >= 0.3 is 11.9 Å². The second kappa shape index (κ2) is 13.1. The Morgan fingerprint density at radius 3 is 2.19 bits per heavy atom. The van der Waals surface area contributed by atoms with Crippen LogP contribution in [0.2, 0.25) is 0 Å². The largest absolute Gasteiger partial charge is 0.495 e. The van der Waals surface area contributed by atoms with E-state index in [1.54, 1.807) is 23.1 Å². The van der Waals surface area contributed by atoms with Crippen LogP contribution < -0.4 is 14.8 Å². The molecule has 150 valence electrons. The molecule has 0 aliphatic rings. The summed E-state index contributed by atoms with van der Waals surface area (Å²) in [6, 6.07) is 5.09. The van der Waals surface area contributed by atoms with Crippen LogP contribution in [0.25, 0.3) is 0 Å². The normalized spacial score (nSPS) is 10.1. The number of ether oxygens (including phenoxy) is 2. The molecule has 10 nitrogen and oxygen atoms in total. The Morgan fingerprint density at radius 2 is 1.74 bits per heavy atom. The zero-order valence-electron chi connectivity index (χ0n) is 15.3. The first kappa shape index (κ1) is 23.9. The molecule has 0 unspecified atom stereocenters. The van der Waals surface area contributed by atoms with Crippen molar-refractivity contribution in [2.45, 2.75) is 0 Å². The van der Waals surface area contributed by atoms with Gasteiger partial charge in [0.15, 0.2) is 0 Å². The van der Waals surface area contributed by atoms with Crippen molar-refractivity contribution < 1.29 is 39.2 Å². The minimum absolute atomic E-state index is 0.0612. The van der Waals surface area contributed by atoms with Gasteiger partial charge in [0.05, 0.1) is 25.9 Å². The monoisotopic (exact) mass is 384 g/mol. The molecule has 0 aliphatic carbocycles. The molecule has 0 saturated carbocycles. The number of methoxy groups -OCH3 is 1.